The van der Waals surface area contributed by atoms with Crippen molar-refractivity contribution in [2.24, 2.45) is 0 Å². The van der Waals surface area contributed by atoms with Crippen LogP contribution in [0, 0.1) is 10.5 Å². The first-order valence-electron chi connectivity index (χ1n) is 5.28. The number of halogens is 1. The quantitative estimate of drug-likeness (QED) is 0.848. The van der Waals surface area contributed by atoms with E-state index in [9.17, 15) is 4.79 Å². The van der Waals surface area contributed by atoms with Crippen molar-refractivity contribution in [2.75, 3.05) is 0 Å². The number of benzene rings is 1. The lowest BCUT2D eigenvalue weighted by atomic mass is 10.1. The van der Waals surface area contributed by atoms with Gasteiger partial charge in [-0.05, 0) is 52.4 Å². The van der Waals surface area contributed by atoms with Gasteiger partial charge in [-0.2, -0.15) is 0 Å². The van der Waals surface area contributed by atoms with Crippen molar-refractivity contribution in [3.05, 3.63) is 27.3 Å². The van der Waals surface area contributed by atoms with E-state index in [1.807, 2.05) is 25.1 Å². The van der Waals surface area contributed by atoms with Gasteiger partial charge in [0.25, 0.3) is 0 Å². The Hall–Kier alpha value is -1.51. The highest BCUT2D eigenvalue weighted by Crippen LogP contribution is 2.26. The maximum Gasteiger partial charge on any atom is 0.328 e. The zero-order valence-electron chi connectivity index (χ0n) is 9.83. The highest BCUT2D eigenvalue weighted by molar-refractivity contribution is 14.1. The van der Waals surface area contributed by atoms with Crippen LogP contribution in [0.15, 0.2) is 18.2 Å². The third kappa shape index (κ3) is 2.22. The Morgan fingerprint density at radius 3 is 2.89 bits per heavy atom. The van der Waals surface area contributed by atoms with Gasteiger partial charge in [0.1, 0.15) is 0 Å². The van der Waals surface area contributed by atoms with Crippen LogP contribution in [0.1, 0.15) is 18.5 Å². The largest absolute Gasteiger partial charge is 0.480 e. The van der Waals surface area contributed by atoms with E-state index in [1.165, 1.54) is 4.68 Å². The van der Waals surface area contributed by atoms with E-state index in [0.29, 0.717) is 5.82 Å². The van der Waals surface area contributed by atoms with Crippen LogP contribution in [0.3, 0.4) is 0 Å². The predicted molar refractivity (Wildman–Crippen MR) is 73.1 cm³/mol. The van der Waals surface area contributed by atoms with Crippen molar-refractivity contribution in [2.45, 2.75) is 19.9 Å². The molecule has 0 saturated heterocycles. The van der Waals surface area contributed by atoms with Gasteiger partial charge < -0.3 is 5.11 Å². The van der Waals surface area contributed by atoms with Crippen LogP contribution in [0.2, 0.25) is 0 Å². The highest BCUT2D eigenvalue weighted by Gasteiger charge is 2.21. The molecule has 6 nitrogen and oxygen atoms in total. The fourth-order valence-electron chi connectivity index (χ4n) is 1.56. The summed E-state index contributed by atoms with van der Waals surface area (Å²) in [4.78, 5) is 11.0. The van der Waals surface area contributed by atoms with Crippen LogP contribution in [-0.4, -0.2) is 31.3 Å². The summed E-state index contributed by atoms with van der Waals surface area (Å²) in [6.07, 6.45) is 0. The summed E-state index contributed by atoms with van der Waals surface area (Å²) < 4.78 is 2.34. The Morgan fingerprint density at radius 2 is 2.22 bits per heavy atom. The molecule has 1 N–H and O–H groups in total. The van der Waals surface area contributed by atoms with E-state index >= 15 is 0 Å². The Kier molecular flexibility index (Phi) is 3.60. The molecule has 0 saturated carbocycles. The predicted octanol–water partition coefficient (Wildman–Crippen LogP) is 1.90. The smallest absolute Gasteiger partial charge is 0.328 e. The number of hydrogen-bond acceptors (Lipinski definition) is 4. The van der Waals surface area contributed by atoms with Crippen molar-refractivity contribution in [3.8, 4) is 11.4 Å². The van der Waals surface area contributed by atoms with E-state index in [4.69, 9.17) is 5.11 Å². The summed E-state index contributed by atoms with van der Waals surface area (Å²) in [6.45, 7) is 3.53. The fraction of sp³-hybridized carbons (Fsp3) is 0.273. The molecule has 2 rings (SSSR count). The van der Waals surface area contributed by atoms with Crippen LogP contribution >= 0.6 is 22.6 Å². The molecule has 0 spiro atoms. The highest BCUT2D eigenvalue weighted by atomic mass is 127. The van der Waals surface area contributed by atoms with Crippen molar-refractivity contribution >= 4 is 28.6 Å². The van der Waals surface area contributed by atoms with Gasteiger partial charge in [-0.25, -0.2) is 9.48 Å². The first kappa shape index (κ1) is 12.9. The number of rotatable bonds is 3. The van der Waals surface area contributed by atoms with Crippen LogP contribution in [-0.2, 0) is 4.79 Å². The molecule has 0 aliphatic rings. The summed E-state index contributed by atoms with van der Waals surface area (Å²) in [5, 5.41) is 20.3. The van der Waals surface area contributed by atoms with Gasteiger partial charge in [0.05, 0.1) is 0 Å². The molecular weight excluding hydrogens is 347 g/mol. The average Bonchev–Trinajstić information content (AvgIpc) is 2.80. The Balaban J connectivity index is 2.56. The SMILES string of the molecule is Cc1cccc(-c2nnnn2C(C)C(=O)O)c1I. The molecule has 18 heavy (non-hydrogen) atoms. The number of carboxylic acids is 1. The molecule has 0 fully saturated rings. The normalized spacial score (nSPS) is 12.4. The summed E-state index contributed by atoms with van der Waals surface area (Å²) in [7, 11) is 0. The third-order valence-electron chi connectivity index (χ3n) is 2.65. The molecule has 2 aromatic rings. The van der Waals surface area contributed by atoms with Crippen molar-refractivity contribution in [1.29, 1.82) is 0 Å². The fourth-order valence-corrected chi connectivity index (χ4v) is 2.16. The maximum atomic E-state index is 11.0. The standard InChI is InChI=1S/C11H11IN4O2/c1-6-4-3-5-8(9(6)12)10-13-14-15-16(10)7(2)11(17)18/h3-5,7H,1-2H3,(H,17,18). The molecule has 1 atom stereocenters. The number of tetrazole rings is 1. The molecule has 94 valence electrons. The van der Waals surface area contributed by atoms with E-state index in [-0.39, 0.29) is 0 Å². The number of aliphatic carboxylic acids is 1. The molecule has 7 heteroatoms. The van der Waals surface area contributed by atoms with E-state index in [0.717, 1.165) is 14.7 Å². The third-order valence-corrected chi connectivity index (χ3v) is 4.08. The van der Waals surface area contributed by atoms with Crippen molar-refractivity contribution in [1.82, 2.24) is 20.2 Å². The molecule has 1 unspecified atom stereocenters. The van der Waals surface area contributed by atoms with Crippen LogP contribution in [0.5, 0.6) is 0 Å². The average molecular weight is 358 g/mol. The van der Waals surface area contributed by atoms with Crippen molar-refractivity contribution < 1.29 is 9.90 Å². The van der Waals surface area contributed by atoms with Gasteiger partial charge in [-0.15, -0.1) is 5.10 Å². The number of aromatic nitrogens is 4. The van der Waals surface area contributed by atoms with E-state index in [1.54, 1.807) is 6.92 Å². The summed E-state index contributed by atoms with van der Waals surface area (Å²) in [6, 6.07) is 4.97. The van der Waals surface area contributed by atoms with Crippen molar-refractivity contribution in [3.63, 3.8) is 0 Å². The summed E-state index contributed by atoms with van der Waals surface area (Å²) in [5.74, 6) is -0.496. The minimum absolute atomic E-state index is 0.470. The molecule has 0 radical (unpaired) electrons. The lowest BCUT2D eigenvalue weighted by Gasteiger charge is -2.10. The van der Waals surface area contributed by atoms with Gasteiger partial charge >= 0.3 is 5.97 Å². The molecule has 1 aromatic heterocycles. The van der Waals surface area contributed by atoms with Crippen LogP contribution < -0.4 is 0 Å². The lowest BCUT2D eigenvalue weighted by Crippen LogP contribution is -2.18. The van der Waals surface area contributed by atoms with Gasteiger partial charge in [-0.3, -0.25) is 0 Å². The number of hydrogen-bond donors (Lipinski definition) is 1. The second kappa shape index (κ2) is 5.01. The lowest BCUT2D eigenvalue weighted by molar-refractivity contribution is -0.140. The molecule has 0 aliphatic heterocycles. The molecule has 0 bridgehead atoms. The first-order chi connectivity index (χ1) is 8.52. The maximum absolute atomic E-state index is 11.0. The van der Waals surface area contributed by atoms with Gasteiger partial charge in [0.2, 0.25) is 0 Å². The monoisotopic (exact) mass is 358 g/mol. The molecule has 1 aromatic carbocycles. The second-order valence-electron chi connectivity index (χ2n) is 3.90. The molecular formula is C11H11IN4O2. The minimum Gasteiger partial charge on any atom is -0.480 e. The van der Waals surface area contributed by atoms with E-state index in [2.05, 4.69) is 38.1 Å². The zero-order valence-corrected chi connectivity index (χ0v) is 12.0. The number of carbonyl (C=O) groups is 1. The first-order valence-corrected chi connectivity index (χ1v) is 6.36. The van der Waals surface area contributed by atoms with Crippen LogP contribution in [0.25, 0.3) is 11.4 Å². The molecule has 1 heterocycles. The topological polar surface area (TPSA) is 80.9 Å². The van der Waals surface area contributed by atoms with Gasteiger partial charge in [-0.1, -0.05) is 18.2 Å². The Morgan fingerprint density at radius 1 is 1.50 bits per heavy atom. The van der Waals surface area contributed by atoms with E-state index < -0.39 is 12.0 Å². The Labute approximate surface area is 117 Å². The summed E-state index contributed by atoms with van der Waals surface area (Å²) in [5.41, 5.74) is 1.94. The number of carboxylic acid groups (broad SMARTS) is 1. The zero-order chi connectivity index (χ0) is 13.3. The molecule has 0 amide bonds. The Bertz CT molecular complexity index is 596. The minimum atomic E-state index is -0.966. The summed E-state index contributed by atoms with van der Waals surface area (Å²) >= 11 is 2.21. The number of nitrogens with zero attached hydrogens (tertiary/aromatic N) is 4. The van der Waals surface area contributed by atoms with Gasteiger partial charge in [0, 0.05) is 9.13 Å². The van der Waals surface area contributed by atoms with Gasteiger partial charge in [0.15, 0.2) is 11.9 Å². The number of aryl methyl sites for hydroxylation is 1. The van der Waals surface area contributed by atoms with Crippen LogP contribution in [0.4, 0.5) is 0 Å². The molecule has 0 aliphatic carbocycles. The second-order valence-corrected chi connectivity index (χ2v) is 4.98.